The van der Waals surface area contributed by atoms with Crippen LogP contribution in [0.2, 0.25) is 0 Å². The highest BCUT2D eigenvalue weighted by Gasteiger charge is 2.37. The van der Waals surface area contributed by atoms with Crippen LogP contribution in [0, 0.1) is 6.92 Å². The van der Waals surface area contributed by atoms with Gasteiger partial charge in [-0.25, -0.2) is 0 Å². The summed E-state index contributed by atoms with van der Waals surface area (Å²) >= 11 is 0. The van der Waals surface area contributed by atoms with E-state index in [1.807, 2.05) is 19.2 Å². The minimum Gasteiger partial charge on any atom is -0.254 e. The molecule has 1 aliphatic carbocycles. The molecular weight excluding hydrogens is 196 g/mol. The molecule has 2 heteroatoms. The molecule has 0 fully saturated rings. The lowest BCUT2D eigenvalue weighted by Gasteiger charge is -2.20. The molecule has 0 bridgehead atoms. The number of aryl methyl sites for hydroxylation is 1. The zero-order valence-corrected chi connectivity index (χ0v) is 9.78. The Kier molecular flexibility index (Phi) is 1.73. The Morgan fingerprint density at radius 3 is 2.56 bits per heavy atom. The van der Waals surface area contributed by atoms with Crippen molar-refractivity contribution in [2.24, 2.45) is 0 Å². The highest BCUT2D eigenvalue weighted by Crippen LogP contribution is 2.46. The van der Waals surface area contributed by atoms with Crippen LogP contribution in [0.5, 0.6) is 0 Å². The first-order valence-corrected chi connectivity index (χ1v) is 5.55. The number of aromatic nitrogens is 2. The fraction of sp³-hybridized carbons (Fsp3) is 0.286. The second-order valence-corrected chi connectivity index (χ2v) is 4.87. The average molecular weight is 210 g/mol. The van der Waals surface area contributed by atoms with Gasteiger partial charge in [0.1, 0.15) is 0 Å². The molecule has 0 aromatic carbocycles. The van der Waals surface area contributed by atoms with Crippen molar-refractivity contribution in [3.63, 3.8) is 0 Å². The molecule has 0 saturated heterocycles. The van der Waals surface area contributed by atoms with Crippen LogP contribution in [-0.2, 0) is 5.41 Å². The van der Waals surface area contributed by atoms with Crippen LogP contribution in [0.3, 0.4) is 0 Å². The van der Waals surface area contributed by atoms with E-state index in [1.165, 1.54) is 11.1 Å². The summed E-state index contributed by atoms with van der Waals surface area (Å²) in [5, 5.41) is 0. The lowest BCUT2D eigenvalue weighted by Crippen LogP contribution is -2.15. The number of hydrogen-bond donors (Lipinski definition) is 0. The topological polar surface area (TPSA) is 25.8 Å². The molecule has 0 unspecified atom stereocenters. The monoisotopic (exact) mass is 210 g/mol. The van der Waals surface area contributed by atoms with Crippen LogP contribution in [0.1, 0.15) is 30.7 Å². The quantitative estimate of drug-likeness (QED) is 0.667. The van der Waals surface area contributed by atoms with Gasteiger partial charge in [0.25, 0.3) is 0 Å². The van der Waals surface area contributed by atoms with Crippen molar-refractivity contribution in [2.75, 3.05) is 0 Å². The molecule has 0 atom stereocenters. The lowest BCUT2D eigenvalue weighted by atomic mass is 9.83. The Labute approximate surface area is 95.4 Å². The molecular formula is C14H14N2. The van der Waals surface area contributed by atoms with E-state index in [9.17, 15) is 0 Å². The number of nitrogens with zero attached hydrogens (tertiary/aromatic N) is 2. The van der Waals surface area contributed by atoms with Gasteiger partial charge in [-0.1, -0.05) is 26.0 Å². The number of pyridine rings is 2. The summed E-state index contributed by atoms with van der Waals surface area (Å²) in [4.78, 5) is 9.10. The Balaban J connectivity index is 2.40. The summed E-state index contributed by atoms with van der Waals surface area (Å²) in [6, 6.07) is 8.41. The van der Waals surface area contributed by atoms with Crippen LogP contribution >= 0.6 is 0 Å². The van der Waals surface area contributed by atoms with Gasteiger partial charge in [0.05, 0.1) is 11.4 Å². The molecule has 0 N–H and O–H groups in total. The van der Waals surface area contributed by atoms with E-state index in [4.69, 9.17) is 0 Å². The summed E-state index contributed by atoms with van der Waals surface area (Å²) in [5.74, 6) is 0. The van der Waals surface area contributed by atoms with Gasteiger partial charge in [-0.05, 0) is 30.2 Å². The predicted octanol–water partition coefficient (Wildman–Crippen LogP) is 3.09. The minimum absolute atomic E-state index is 0.0274. The van der Waals surface area contributed by atoms with Gasteiger partial charge in [0, 0.05) is 17.3 Å². The third kappa shape index (κ3) is 1.07. The Hall–Kier alpha value is -1.70. The van der Waals surface area contributed by atoms with E-state index in [0.29, 0.717) is 0 Å². The van der Waals surface area contributed by atoms with Crippen LogP contribution in [-0.4, -0.2) is 9.97 Å². The van der Waals surface area contributed by atoms with Gasteiger partial charge >= 0.3 is 0 Å². The molecule has 16 heavy (non-hydrogen) atoms. The molecule has 2 heterocycles. The zero-order chi connectivity index (χ0) is 11.3. The van der Waals surface area contributed by atoms with Crippen molar-refractivity contribution in [1.82, 2.24) is 9.97 Å². The average Bonchev–Trinajstić information content (AvgIpc) is 2.49. The summed E-state index contributed by atoms with van der Waals surface area (Å²) in [6.07, 6.45) is 1.84. The fourth-order valence-electron chi connectivity index (χ4n) is 2.48. The molecule has 0 amide bonds. The third-order valence-corrected chi connectivity index (χ3v) is 3.41. The molecule has 0 saturated carbocycles. The molecule has 0 radical (unpaired) electrons. The zero-order valence-electron chi connectivity index (χ0n) is 9.78. The van der Waals surface area contributed by atoms with Gasteiger partial charge in [-0.2, -0.15) is 0 Å². The highest BCUT2D eigenvalue weighted by atomic mass is 14.8. The summed E-state index contributed by atoms with van der Waals surface area (Å²) < 4.78 is 0. The van der Waals surface area contributed by atoms with Crippen molar-refractivity contribution < 1.29 is 0 Å². The van der Waals surface area contributed by atoms with Crippen LogP contribution < -0.4 is 0 Å². The van der Waals surface area contributed by atoms with Gasteiger partial charge in [-0.3, -0.25) is 9.97 Å². The van der Waals surface area contributed by atoms with Crippen LogP contribution in [0.15, 0.2) is 30.5 Å². The first kappa shape index (κ1) is 9.52. The van der Waals surface area contributed by atoms with E-state index in [1.54, 1.807) is 0 Å². The second-order valence-electron chi connectivity index (χ2n) is 4.87. The standard InChI is InChI=1S/C14H14N2/c1-9-6-7-11-13(16-9)12-10(14(11,2)3)5-4-8-15-12/h4-8H,1-3H3. The summed E-state index contributed by atoms with van der Waals surface area (Å²) in [5.41, 5.74) is 5.74. The van der Waals surface area contributed by atoms with Gasteiger partial charge < -0.3 is 0 Å². The third-order valence-electron chi connectivity index (χ3n) is 3.41. The predicted molar refractivity (Wildman–Crippen MR) is 64.3 cm³/mol. The molecule has 2 nitrogen and oxygen atoms in total. The maximum absolute atomic E-state index is 4.63. The van der Waals surface area contributed by atoms with Gasteiger partial charge in [-0.15, -0.1) is 0 Å². The molecule has 1 aliphatic rings. The van der Waals surface area contributed by atoms with Crippen molar-refractivity contribution in [2.45, 2.75) is 26.2 Å². The number of rotatable bonds is 0. The van der Waals surface area contributed by atoms with Crippen LogP contribution in [0.25, 0.3) is 11.4 Å². The minimum atomic E-state index is 0.0274. The second kappa shape index (κ2) is 2.91. The van der Waals surface area contributed by atoms with E-state index < -0.39 is 0 Å². The number of hydrogen-bond acceptors (Lipinski definition) is 2. The van der Waals surface area contributed by atoms with E-state index in [0.717, 1.165) is 17.1 Å². The van der Waals surface area contributed by atoms with Gasteiger partial charge in [0.2, 0.25) is 0 Å². The number of fused-ring (bicyclic) bond motifs is 3. The maximum Gasteiger partial charge on any atom is 0.0933 e. The van der Waals surface area contributed by atoms with Crippen molar-refractivity contribution in [3.8, 4) is 11.4 Å². The largest absolute Gasteiger partial charge is 0.254 e. The first-order valence-electron chi connectivity index (χ1n) is 5.55. The first-order chi connectivity index (χ1) is 7.60. The smallest absolute Gasteiger partial charge is 0.0933 e. The molecule has 0 aliphatic heterocycles. The lowest BCUT2D eigenvalue weighted by molar-refractivity contribution is 0.657. The summed E-state index contributed by atoms with van der Waals surface area (Å²) in [7, 11) is 0. The van der Waals surface area contributed by atoms with E-state index in [2.05, 4.69) is 42.0 Å². The molecule has 0 spiro atoms. The fourth-order valence-corrected chi connectivity index (χ4v) is 2.48. The van der Waals surface area contributed by atoms with Crippen LogP contribution in [0.4, 0.5) is 0 Å². The van der Waals surface area contributed by atoms with E-state index in [-0.39, 0.29) is 5.41 Å². The Morgan fingerprint density at radius 2 is 1.75 bits per heavy atom. The van der Waals surface area contributed by atoms with Gasteiger partial charge in [0.15, 0.2) is 0 Å². The Bertz CT molecular complexity index is 571. The molecule has 3 rings (SSSR count). The normalized spacial score (nSPS) is 15.7. The molecule has 2 aromatic rings. The maximum atomic E-state index is 4.63. The van der Waals surface area contributed by atoms with E-state index >= 15 is 0 Å². The Morgan fingerprint density at radius 1 is 1.00 bits per heavy atom. The summed E-state index contributed by atoms with van der Waals surface area (Å²) in [6.45, 7) is 6.49. The van der Waals surface area contributed by atoms with Crippen molar-refractivity contribution in [3.05, 3.63) is 47.3 Å². The highest BCUT2D eigenvalue weighted by molar-refractivity contribution is 5.74. The SMILES string of the molecule is Cc1ccc2c(n1)-c1ncccc1C2(C)C. The van der Waals surface area contributed by atoms with Crippen molar-refractivity contribution in [1.29, 1.82) is 0 Å². The van der Waals surface area contributed by atoms with Crippen molar-refractivity contribution >= 4 is 0 Å². The molecule has 2 aromatic heterocycles. The molecule has 80 valence electrons.